The number of nitrogens with zero attached hydrogens (tertiary/aromatic N) is 1. The number of sulfonamides is 1. The second-order valence-corrected chi connectivity index (χ2v) is 6.11. The van der Waals surface area contributed by atoms with Crippen molar-refractivity contribution in [3.63, 3.8) is 0 Å². The molecule has 0 aliphatic heterocycles. The Bertz CT molecular complexity index is 675. The largest absolute Gasteiger partial charge is 0.480 e. The summed E-state index contributed by atoms with van der Waals surface area (Å²) in [5, 5.41) is 18.4. The van der Waals surface area contributed by atoms with E-state index in [-0.39, 0.29) is 5.02 Å². The van der Waals surface area contributed by atoms with Gasteiger partial charge in [0, 0.05) is 0 Å². The van der Waals surface area contributed by atoms with Gasteiger partial charge in [0.05, 0.1) is 4.92 Å². The molecule has 0 saturated carbocycles. The van der Waals surface area contributed by atoms with Gasteiger partial charge in [-0.3, -0.25) is 14.9 Å². The number of nitro benzene ring substituents is 1. The zero-order valence-electron chi connectivity index (χ0n) is 9.83. The van der Waals surface area contributed by atoms with E-state index in [1.807, 2.05) is 4.72 Å². The van der Waals surface area contributed by atoms with E-state index in [1.165, 1.54) is 0 Å². The highest BCUT2D eigenvalue weighted by Gasteiger charge is 2.29. The molecule has 0 heterocycles. The second kappa shape index (κ2) is 5.92. The highest BCUT2D eigenvalue weighted by molar-refractivity contribution is 7.89. The molecule has 8 nitrogen and oxygen atoms in total. The van der Waals surface area contributed by atoms with E-state index in [1.54, 1.807) is 0 Å². The summed E-state index contributed by atoms with van der Waals surface area (Å²) < 4.78 is 25.7. The van der Waals surface area contributed by atoms with Crippen molar-refractivity contribution in [1.29, 1.82) is 0 Å². The van der Waals surface area contributed by atoms with Gasteiger partial charge in [0.15, 0.2) is 0 Å². The highest BCUT2D eigenvalue weighted by Crippen LogP contribution is 2.37. The van der Waals surface area contributed by atoms with Crippen LogP contribution in [-0.2, 0) is 14.8 Å². The quantitative estimate of drug-likeness (QED) is 0.618. The van der Waals surface area contributed by atoms with E-state index < -0.39 is 42.6 Å². The van der Waals surface area contributed by atoms with Gasteiger partial charge in [-0.1, -0.05) is 23.2 Å². The standard InChI is InChI=1S/C9H8Cl2N2O6S/c1-4(9(14)15)12-20(18,19)6-3-2-5(10)8(7(6)11)13(16)17/h2-4,12H,1H3,(H,14,15)/t4-/m0/s1. The van der Waals surface area contributed by atoms with Crippen LogP contribution in [0.4, 0.5) is 5.69 Å². The SMILES string of the molecule is C[C@H](NS(=O)(=O)c1ccc(Cl)c([N+](=O)[O-])c1Cl)C(=O)O. The van der Waals surface area contributed by atoms with Gasteiger partial charge < -0.3 is 5.11 Å². The van der Waals surface area contributed by atoms with Crippen LogP contribution in [0.25, 0.3) is 0 Å². The first-order valence-corrected chi connectivity index (χ1v) is 7.19. The second-order valence-electron chi connectivity index (χ2n) is 3.65. The number of carboxylic acids is 1. The molecule has 0 fully saturated rings. The minimum atomic E-state index is -4.33. The fourth-order valence-corrected chi connectivity index (χ4v) is 3.33. The van der Waals surface area contributed by atoms with Gasteiger partial charge in [0.2, 0.25) is 10.0 Å². The molecule has 1 rings (SSSR count). The smallest absolute Gasteiger partial charge is 0.321 e. The molecule has 0 aliphatic carbocycles. The molecule has 0 amide bonds. The predicted molar refractivity (Wildman–Crippen MR) is 70.5 cm³/mol. The fraction of sp³-hybridized carbons (Fsp3) is 0.222. The van der Waals surface area contributed by atoms with Crippen molar-refractivity contribution in [2.45, 2.75) is 17.9 Å². The summed E-state index contributed by atoms with van der Waals surface area (Å²) in [5.74, 6) is -1.41. The van der Waals surface area contributed by atoms with Gasteiger partial charge in [-0.15, -0.1) is 0 Å². The summed E-state index contributed by atoms with van der Waals surface area (Å²) in [6.07, 6.45) is 0. The lowest BCUT2D eigenvalue weighted by Gasteiger charge is -2.11. The monoisotopic (exact) mass is 342 g/mol. The van der Waals surface area contributed by atoms with Gasteiger partial charge in [-0.05, 0) is 19.1 Å². The molecule has 0 saturated heterocycles. The van der Waals surface area contributed by atoms with E-state index in [4.69, 9.17) is 28.3 Å². The predicted octanol–water partition coefficient (Wildman–Crippen LogP) is 1.65. The summed E-state index contributed by atoms with van der Waals surface area (Å²) in [6.45, 7) is 1.10. The number of carbonyl (C=O) groups is 1. The Morgan fingerprint density at radius 2 is 2.00 bits per heavy atom. The van der Waals surface area contributed by atoms with Crippen LogP contribution < -0.4 is 4.72 Å². The van der Waals surface area contributed by atoms with Crippen molar-refractivity contribution < 1.29 is 23.2 Å². The summed E-state index contributed by atoms with van der Waals surface area (Å²) in [6, 6.07) is 0.519. The Kier molecular flexibility index (Phi) is 4.92. The van der Waals surface area contributed by atoms with Crippen molar-refractivity contribution in [2.75, 3.05) is 0 Å². The number of nitrogens with one attached hydrogen (secondary N) is 1. The molecule has 1 aromatic rings. The Morgan fingerprint density at radius 3 is 2.45 bits per heavy atom. The van der Waals surface area contributed by atoms with E-state index in [2.05, 4.69) is 0 Å². The van der Waals surface area contributed by atoms with Crippen LogP contribution in [0, 0.1) is 10.1 Å². The minimum Gasteiger partial charge on any atom is -0.480 e. The van der Waals surface area contributed by atoms with Crippen LogP contribution in [0.5, 0.6) is 0 Å². The van der Waals surface area contributed by atoms with Crippen molar-refractivity contribution in [2.24, 2.45) is 0 Å². The normalized spacial score (nSPS) is 12.9. The number of carboxylic acid groups (broad SMARTS) is 1. The molecule has 20 heavy (non-hydrogen) atoms. The molecule has 0 bridgehead atoms. The van der Waals surface area contributed by atoms with Gasteiger partial charge in [-0.2, -0.15) is 4.72 Å². The minimum absolute atomic E-state index is 0.328. The first-order chi connectivity index (χ1) is 9.08. The molecule has 0 radical (unpaired) electrons. The third-order valence-corrected chi connectivity index (χ3v) is 4.59. The molecular formula is C9H8Cl2N2O6S. The average Bonchev–Trinajstić information content (AvgIpc) is 2.26. The summed E-state index contributed by atoms with van der Waals surface area (Å²) in [4.78, 5) is 19.9. The third kappa shape index (κ3) is 3.37. The molecule has 0 aromatic heterocycles. The average molecular weight is 343 g/mol. The topological polar surface area (TPSA) is 127 Å². The zero-order valence-corrected chi connectivity index (χ0v) is 12.2. The first kappa shape index (κ1) is 16.6. The molecule has 1 aromatic carbocycles. The van der Waals surface area contributed by atoms with Crippen LogP contribution in [0.1, 0.15) is 6.92 Å². The number of rotatable bonds is 5. The Labute approximate surface area is 123 Å². The van der Waals surface area contributed by atoms with Crippen molar-refractivity contribution in [1.82, 2.24) is 4.72 Å². The number of aliphatic carboxylic acids is 1. The van der Waals surface area contributed by atoms with Crippen LogP contribution >= 0.6 is 23.2 Å². The maximum Gasteiger partial charge on any atom is 0.321 e. The maximum atomic E-state index is 11.9. The molecular weight excluding hydrogens is 335 g/mol. The van der Waals surface area contributed by atoms with Crippen molar-refractivity contribution in [3.8, 4) is 0 Å². The lowest BCUT2D eigenvalue weighted by molar-refractivity contribution is -0.384. The number of benzene rings is 1. The van der Waals surface area contributed by atoms with E-state index in [0.29, 0.717) is 0 Å². The first-order valence-electron chi connectivity index (χ1n) is 4.95. The van der Waals surface area contributed by atoms with E-state index in [9.17, 15) is 23.3 Å². The summed E-state index contributed by atoms with van der Waals surface area (Å²) >= 11 is 11.2. The van der Waals surface area contributed by atoms with Crippen molar-refractivity contribution in [3.05, 3.63) is 32.3 Å². The van der Waals surface area contributed by atoms with Gasteiger partial charge in [-0.25, -0.2) is 8.42 Å². The zero-order chi connectivity index (χ0) is 15.7. The van der Waals surface area contributed by atoms with E-state index in [0.717, 1.165) is 19.1 Å². The Morgan fingerprint density at radius 1 is 1.45 bits per heavy atom. The number of nitro groups is 1. The Balaban J connectivity index is 3.37. The maximum absolute atomic E-state index is 11.9. The Hall–Kier alpha value is -1.42. The number of hydrogen-bond acceptors (Lipinski definition) is 5. The highest BCUT2D eigenvalue weighted by atomic mass is 35.5. The lowest BCUT2D eigenvalue weighted by atomic mass is 10.3. The molecule has 11 heteroatoms. The van der Waals surface area contributed by atoms with Crippen LogP contribution in [-0.4, -0.2) is 30.5 Å². The fourth-order valence-electron chi connectivity index (χ4n) is 1.24. The van der Waals surface area contributed by atoms with Crippen LogP contribution in [0.15, 0.2) is 17.0 Å². The molecule has 110 valence electrons. The van der Waals surface area contributed by atoms with Crippen LogP contribution in [0.2, 0.25) is 10.0 Å². The lowest BCUT2D eigenvalue weighted by Crippen LogP contribution is -2.38. The third-order valence-electron chi connectivity index (χ3n) is 2.21. The van der Waals surface area contributed by atoms with Gasteiger partial charge in [0.1, 0.15) is 21.0 Å². The summed E-state index contributed by atoms with van der Waals surface area (Å²) in [7, 11) is -4.33. The van der Waals surface area contributed by atoms with Gasteiger partial charge in [0.25, 0.3) is 0 Å². The molecule has 0 spiro atoms. The molecule has 2 N–H and O–H groups in total. The molecule has 0 unspecified atom stereocenters. The van der Waals surface area contributed by atoms with Crippen molar-refractivity contribution >= 4 is 44.9 Å². The van der Waals surface area contributed by atoms with Crippen LogP contribution in [0.3, 0.4) is 0 Å². The summed E-state index contributed by atoms with van der Waals surface area (Å²) in [5.41, 5.74) is -0.765. The number of halogens is 2. The molecule has 1 atom stereocenters. The molecule has 0 aliphatic rings. The van der Waals surface area contributed by atoms with E-state index >= 15 is 0 Å². The van der Waals surface area contributed by atoms with Gasteiger partial charge >= 0.3 is 11.7 Å². The number of hydrogen-bond donors (Lipinski definition) is 2.